The number of carbonyl (C=O) groups excluding carboxylic acids is 1. The van der Waals surface area contributed by atoms with E-state index in [4.69, 9.17) is 4.99 Å². The van der Waals surface area contributed by atoms with Crippen molar-refractivity contribution in [2.45, 2.75) is 51.6 Å². The van der Waals surface area contributed by atoms with Crippen molar-refractivity contribution in [1.82, 2.24) is 0 Å². The molecule has 0 unspecified atom stereocenters. The average Bonchev–Trinajstić information content (AvgIpc) is 3.12. The fourth-order valence-corrected chi connectivity index (χ4v) is 14.1. The first kappa shape index (κ1) is 20.0. The SMILES string of the molecule is CC(C)(C)[Si]1(C(C)(C)C)C2=C(c3cccs3)C(=O)C=CC2=Nc2ccc(O)cc21. The van der Waals surface area contributed by atoms with Crippen LogP contribution in [0.1, 0.15) is 46.4 Å². The van der Waals surface area contributed by atoms with Gasteiger partial charge in [-0.15, -0.1) is 11.3 Å². The van der Waals surface area contributed by atoms with E-state index in [2.05, 4.69) is 41.5 Å². The summed E-state index contributed by atoms with van der Waals surface area (Å²) in [5.41, 5.74) is 2.62. The second kappa shape index (κ2) is 6.38. The quantitative estimate of drug-likeness (QED) is 0.458. The molecule has 1 aromatic carbocycles. The zero-order chi connectivity index (χ0) is 21.2. The van der Waals surface area contributed by atoms with Gasteiger partial charge in [-0.1, -0.05) is 47.6 Å². The number of rotatable bonds is 1. The van der Waals surface area contributed by atoms with Gasteiger partial charge in [0.1, 0.15) is 13.8 Å². The molecule has 0 amide bonds. The van der Waals surface area contributed by atoms with Crippen LogP contribution in [0.4, 0.5) is 5.69 Å². The van der Waals surface area contributed by atoms with Crippen LogP contribution in [0.25, 0.3) is 5.57 Å². The van der Waals surface area contributed by atoms with Crippen molar-refractivity contribution in [2.75, 3.05) is 0 Å². The summed E-state index contributed by atoms with van der Waals surface area (Å²) in [5.74, 6) is 0.305. The molecule has 29 heavy (non-hydrogen) atoms. The number of allylic oxidation sites excluding steroid dienone is 4. The molecule has 0 bridgehead atoms. The molecule has 2 heterocycles. The molecule has 0 atom stereocenters. The van der Waals surface area contributed by atoms with Gasteiger partial charge >= 0.3 is 0 Å². The number of thiophene rings is 1. The second-order valence-electron chi connectivity index (χ2n) is 9.87. The number of ketones is 1. The zero-order valence-electron chi connectivity index (χ0n) is 17.8. The summed E-state index contributed by atoms with van der Waals surface area (Å²) in [6, 6.07) is 9.56. The summed E-state index contributed by atoms with van der Waals surface area (Å²) in [6.07, 6.45) is 3.55. The van der Waals surface area contributed by atoms with Crippen LogP contribution in [0.5, 0.6) is 5.75 Å². The van der Waals surface area contributed by atoms with E-state index in [-0.39, 0.29) is 21.6 Å². The molecular weight excluding hydrogens is 394 g/mol. The van der Waals surface area contributed by atoms with Crippen molar-refractivity contribution in [3.05, 3.63) is 57.9 Å². The highest BCUT2D eigenvalue weighted by atomic mass is 32.1. The minimum atomic E-state index is -2.64. The summed E-state index contributed by atoms with van der Waals surface area (Å²) in [7, 11) is -2.64. The van der Waals surface area contributed by atoms with Crippen LogP contribution in [0.2, 0.25) is 10.1 Å². The monoisotopic (exact) mass is 421 g/mol. The fourth-order valence-electron chi connectivity index (χ4n) is 5.58. The molecule has 0 fully saturated rings. The first-order valence-electron chi connectivity index (χ1n) is 9.92. The Morgan fingerprint density at radius 3 is 2.28 bits per heavy atom. The van der Waals surface area contributed by atoms with Crippen LogP contribution in [-0.2, 0) is 4.79 Å². The second-order valence-corrected chi connectivity index (χ2v) is 16.4. The third-order valence-corrected chi connectivity index (χ3v) is 14.0. The number of fused-ring (bicyclic) bond motifs is 2. The number of aliphatic imine (C=N–C) groups is 1. The first-order valence-corrected chi connectivity index (χ1v) is 12.8. The van der Waals surface area contributed by atoms with E-state index in [1.807, 2.05) is 35.7 Å². The lowest BCUT2D eigenvalue weighted by molar-refractivity contribution is -0.109. The van der Waals surface area contributed by atoms with Crippen LogP contribution in [0.3, 0.4) is 0 Å². The Labute approximate surface area is 177 Å². The lowest BCUT2D eigenvalue weighted by atomic mass is 10.0. The van der Waals surface area contributed by atoms with E-state index >= 15 is 0 Å². The zero-order valence-corrected chi connectivity index (χ0v) is 19.6. The van der Waals surface area contributed by atoms with Gasteiger partial charge in [0.15, 0.2) is 5.78 Å². The molecule has 0 saturated carbocycles. The van der Waals surface area contributed by atoms with Crippen molar-refractivity contribution in [2.24, 2.45) is 4.99 Å². The normalized spacial score (nSPS) is 18.4. The Kier molecular flexibility index (Phi) is 4.41. The summed E-state index contributed by atoms with van der Waals surface area (Å²) < 4.78 is 0. The molecule has 0 spiro atoms. The van der Waals surface area contributed by atoms with Gasteiger partial charge in [-0.3, -0.25) is 4.79 Å². The van der Waals surface area contributed by atoms with Crippen molar-refractivity contribution in [1.29, 1.82) is 0 Å². The van der Waals surface area contributed by atoms with E-state index in [0.717, 1.165) is 32.2 Å². The van der Waals surface area contributed by atoms with Crippen LogP contribution < -0.4 is 5.19 Å². The van der Waals surface area contributed by atoms with Gasteiger partial charge in [0, 0.05) is 10.5 Å². The highest BCUT2D eigenvalue weighted by Crippen LogP contribution is 2.59. The van der Waals surface area contributed by atoms with E-state index in [1.54, 1.807) is 23.5 Å². The van der Waals surface area contributed by atoms with Crippen LogP contribution >= 0.6 is 11.3 Å². The molecule has 5 heteroatoms. The Morgan fingerprint density at radius 1 is 1.00 bits per heavy atom. The molecule has 1 N–H and O–H groups in total. The molecular formula is C24H27NO2SSi. The highest BCUT2D eigenvalue weighted by molar-refractivity contribution is 7.13. The molecule has 1 aliphatic heterocycles. The maximum Gasteiger partial charge on any atom is 0.187 e. The van der Waals surface area contributed by atoms with Gasteiger partial charge in [-0.05, 0) is 62.3 Å². The van der Waals surface area contributed by atoms with Crippen LogP contribution in [0, 0.1) is 0 Å². The van der Waals surface area contributed by atoms with Crippen molar-refractivity contribution < 1.29 is 9.90 Å². The Hall–Kier alpha value is -2.24. The number of benzene rings is 1. The minimum absolute atomic E-state index is 0.0513. The number of aromatic hydroxyl groups is 1. The fraction of sp³-hybridized carbons (Fsp3) is 0.333. The van der Waals surface area contributed by atoms with Gasteiger partial charge in [0.05, 0.1) is 11.4 Å². The highest BCUT2D eigenvalue weighted by Gasteiger charge is 2.61. The topological polar surface area (TPSA) is 49.7 Å². The number of phenolic OH excluding ortho intramolecular Hbond substituents is 1. The Balaban J connectivity index is 2.26. The summed E-state index contributed by atoms with van der Waals surface area (Å²) >= 11 is 1.60. The van der Waals surface area contributed by atoms with Crippen molar-refractivity contribution in [3.63, 3.8) is 0 Å². The molecule has 2 aromatic rings. The van der Waals surface area contributed by atoms with Gasteiger partial charge < -0.3 is 5.11 Å². The molecule has 3 nitrogen and oxygen atoms in total. The molecule has 4 rings (SSSR count). The summed E-state index contributed by atoms with van der Waals surface area (Å²) in [5, 5.41) is 14.5. The van der Waals surface area contributed by atoms with E-state index in [1.165, 1.54) is 0 Å². The van der Waals surface area contributed by atoms with E-state index in [0.29, 0.717) is 0 Å². The lowest BCUT2D eigenvalue weighted by Crippen LogP contribution is -2.66. The van der Waals surface area contributed by atoms with Gasteiger partial charge in [0.25, 0.3) is 0 Å². The smallest absolute Gasteiger partial charge is 0.187 e. The number of nitrogens with zero attached hydrogens (tertiary/aromatic N) is 1. The third kappa shape index (κ3) is 2.75. The molecule has 1 aromatic heterocycles. The average molecular weight is 422 g/mol. The third-order valence-electron chi connectivity index (χ3n) is 6.16. The number of carbonyl (C=O) groups is 1. The molecule has 0 saturated heterocycles. The number of hydrogen-bond acceptors (Lipinski definition) is 4. The maximum absolute atomic E-state index is 13.2. The predicted octanol–water partition coefficient (Wildman–Crippen LogP) is 5.93. The minimum Gasteiger partial charge on any atom is -0.508 e. The number of phenols is 1. The summed E-state index contributed by atoms with van der Waals surface area (Å²) in [4.78, 5) is 19.2. The Morgan fingerprint density at radius 2 is 1.69 bits per heavy atom. The van der Waals surface area contributed by atoms with Crippen molar-refractivity contribution >= 4 is 47.4 Å². The molecule has 2 aliphatic rings. The first-order chi connectivity index (χ1) is 13.5. The predicted molar refractivity (Wildman–Crippen MR) is 125 cm³/mol. The maximum atomic E-state index is 13.2. The Bertz CT molecular complexity index is 1080. The van der Waals surface area contributed by atoms with E-state index < -0.39 is 8.07 Å². The van der Waals surface area contributed by atoms with E-state index in [9.17, 15) is 9.90 Å². The standard InChI is InChI=1S/C24H27NO2SSi/c1-23(2,3)29(24(4,5)6)20-14-15(26)9-10-16(20)25-17-11-12-18(27)21(22(17)29)19-8-7-13-28-19/h7-14,26H,1-6H3. The summed E-state index contributed by atoms with van der Waals surface area (Å²) in [6.45, 7) is 13.7. The molecule has 1 aliphatic carbocycles. The van der Waals surface area contributed by atoms with Gasteiger partial charge in [-0.2, -0.15) is 0 Å². The molecule has 150 valence electrons. The van der Waals surface area contributed by atoms with Gasteiger partial charge in [0.2, 0.25) is 0 Å². The molecule has 0 radical (unpaired) electrons. The number of hydrogen-bond donors (Lipinski definition) is 1. The van der Waals surface area contributed by atoms with Crippen LogP contribution in [-0.4, -0.2) is 24.7 Å². The lowest BCUT2D eigenvalue weighted by Gasteiger charge is -2.56. The van der Waals surface area contributed by atoms with Crippen LogP contribution in [0.15, 0.2) is 58.1 Å². The largest absolute Gasteiger partial charge is 0.508 e. The van der Waals surface area contributed by atoms with Crippen molar-refractivity contribution in [3.8, 4) is 5.75 Å². The van der Waals surface area contributed by atoms with Gasteiger partial charge in [-0.25, -0.2) is 4.99 Å².